The lowest BCUT2D eigenvalue weighted by Crippen LogP contribution is -2.10. The fourth-order valence-electron chi connectivity index (χ4n) is 1.62. The molecule has 2 N–H and O–H groups in total. The topological polar surface area (TPSA) is 108 Å². The van der Waals surface area contributed by atoms with Crippen molar-refractivity contribution in [2.45, 2.75) is 6.42 Å². The van der Waals surface area contributed by atoms with Crippen LogP contribution in [0.4, 0.5) is 5.69 Å². The molecule has 0 radical (unpaired) electrons. The van der Waals surface area contributed by atoms with Gasteiger partial charge in [0.2, 0.25) is 5.91 Å². The van der Waals surface area contributed by atoms with Crippen LogP contribution in [-0.2, 0) is 9.53 Å². The summed E-state index contributed by atoms with van der Waals surface area (Å²) in [5, 5.41) is 18.1. The molecule has 0 saturated carbocycles. The predicted octanol–water partition coefficient (Wildman–Crippen LogP) is 1.20. The number of hydrogen-bond acceptors (Lipinski definition) is 5. The third-order valence-corrected chi connectivity index (χ3v) is 2.46. The Kier molecular flexibility index (Phi) is 3.43. The molecule has 1 aromatic heterocycles. The van der Waals surface area contributed by atoms with Crippen molar-refractivity contribution in [3.8, 4) is 6.07 Å². The van der Waals surface area contributed by atoms with Gasteiger partial charge in [-0.2, -0.15) is 10.4 Å². The van der Waals surface area contributed by atoms with E-state index < -0.39 is 11.9 Å². The van der Waals surface area contributed by atoms with Crippen molar-refractivity contribution in [2.24, 2.45) is 0 Å². The summed E-state index contributed by atoms with van der Waals surface area (Å²) in [5.41, 5.74) is 1.28. The van der Waals surface area contributed by atoms with E-state index in [0.29, 0.717) is 16.6 Å². The normalized spacial score (nSPS) is 9.89. The molecule has 0 spiro atoms. The Morgan fingerprint density at radius 1 is 1.53 bits per heavy atom. The number of nitrogens with one attached hydrogen (secondary N) is 2. The monoisotopic (exact) mass is 258 g/mol. The summed E-state index contributed by atoms with van der Waals surface area (Å²) in [6.07, 6.45) is -0.229. The summed E-state index contributed by atoms with van der Waals surface area (Å²) >= 11 is 0. The largest absolute Gasteiger partial charge is 0.464 e. The van der Waals surface area contributed by atoms with Gasteiger partial charge in [0.25, 0.3) is 0 Å². The molecule has 7 nitrogen and oxygen atoms in total. The zero-order valence-electron chi connectivity index (χ0n) is 10.1. The van der Waals surface area contributed by atoms with Gasteiger partial charge in [-0.15, -0.1) is 0 Å². The number of nitriles is 1. The molecular formula is C12H10N4O3. The number of aromatic nitrogens is 2. The van der Waals surface area contributed by atoms with Gasteiger partial charge in [-0.25, -0.2) is 4.79 Å². The van der Waals surface area contributed by atoms with Gasteiger partial charge >= 0.3 is 5.97 Å². The number of amides is 1. The number of rotatable bonds is 3. The van der Waals surface area contributed by atoms with E-state index in [2.05, 4.69) is 20.3 Å². The molecule has 1 amide bonds. The highest BCUT2D eigenvalue weighted by Crippen LogP contribution is 2.21. The van der Waals surface area contributed by atoms with Crippen molar-refractivity contribution in [3.63, 3.8) is 0 Å². The van der Waals surface area contributed by atoms with E-state index in [0.717, 1.165) is 0 Å². The van der Waals surface area contributed by atoms with Crippen LogP contribution in [-0.4, -0.2) is 29.2 Å². The number of methoxy groups -OCH3 is 1. The lowest BCUT2D eigenvalue weighted by molar-refractivity contribution is -0.115. The summed E-state index contributed by atoms with van der Waals surface area (Å²) in [7, 11) is 1.27. The maximum Gasteiger partial charge on any atom is 0.359 e. The van der Waals surface area contributed by atoms with Crippen LogP contribution in [0, 0.1) is 11.3 Å². The molecule has 2 aromatic rings. The number of carbonyl (C=O) groups excluding carboxylic acids is 2. The van der Waals surface area contributed by atoms with E-state index in [1.807, 2.05) is 0 Å². The molecular weight excluding hydrogens is 248 g/mol. The Morgan fingerprint density at radius 3 is 3.00 bits per heavy atom. The van der Waals surface area contributed by atoms with Crippen LogP contribution >= 0.6 is 0 Å². The molecule has 1 aromatic carbocycles. The van der Waals surface area contributed by atoms with E-state index in [9.17, 15) is 9.59 Å². The molecule has 1 heterocycles. The number of nitrogens with zero attached hydrogens (tertiary/aromatic N) is 2. The number of carbonyl (C=O) groups is 2. The lowest BCUT2D eigenvalue weighted by Gasteiger charge is -2.02. The zero-order valence-corrected chi connectivity index (χ0v) is 10.1. The highest BCUT2D eigenvalue weighted by Gasteiger charge is 2.15. The number of aromatic amines is 1. The van der Waals surface area contributed by atoms with E-state index in [-0.39, 0.29) is 12.1 Å². The third-order valence-electron chi connectivity index (χ3n) is 2.46. The Hall–Kier alpha value is -2.88. The molecule has 0 bridgehead atoms. The van der Waals surface area contributed by atoms with Gasteiger partial charge in [0.1, 0.15) is 6.42 Å². The quantitative estimate of drug-likeness (QED) is 0.804. The SMILES string of the molecule is COC(=O)c1n[nH]c2ccc(NC(=O)CC#N)cc12. The van der Waals surface area contributed by atoms with Crippen LogP contribution < -0.4 is 5.32 Å². The van der Waals surface area contributed by atoms with Crippen LogP contribution in [0.3, 0.4) is 0 Å². The molecule has 0 atom stereocenters. The van der Waals surface area contributed by atoms with E-state index >= 15 is 0 Å². The first-order valence-electron chi connectivity index (χ1n) is 5.39. The fraction of sp³-hybridized carbons (Fsp3) is 0.167. The minimum atomic E-state index is -0.563. The lowest BCUT2D eigenvalue weighted by atomic mass is 10.2. The smallest absolute Gasteiger partial charge is 0.359 e. The molecule has 0 aliphatic heterocycles. The summed E-state index contributed by atoms with van der Waals surface area (Å²) in [6.45, 7) is 0. The molecule has 0 saturated heterocycles. The Bertz CT molecular complexity index is 684. The van der Waals surface area contributed by atoms with E-state index in [1.165, 1.54) is 7.11 Å². The van der Waals surface area contributed by atoms with Crippen LogP contribution in [0.15, 0.2) is 18.2 Å². The Labute approximate surface area is 108 Å². The first-order chi connectivity index (χ1) is 9.15. The highest BCUT2D eigenvalue weighted by molar-refractivity contribution is 6.03. The first kappa shape index (κ1) is 12.6. The second kappa shape index (κ2) is 5.18. The van der Waals surface area contributed by atoms with Crippen molar-refractivity contribution >= 4 is 28.5 Å². The number of anilines is 1. The van der Waals surface area contributed by atoms with Gasteiger partial charge in [0.05, 0.1) is 18.7 Å². The molecule has 19 heavy (non-hydrogen) atoms. The maximum absolute atomic E-state index is 11.5. The summed E-state index contributed by atoms with van der Waals surface area (Å²) < 4.78 is 4.61. The van der Waals surface area contributed by atoms with Crippen molar-refractivity contribution in [1.82, 2.24) is 10.2 Å². The zero-order chi connectivity index (χ0) is 13.8. The number of ether oxygens (including phenoxy) is 1. The minimum absolute atomic E-state index is 0.147. The molecule has 0 aliphatic carbocycles. The van der Waals surface area contributed by atoms with Crippen LogP contribution in [0.25, 0.3) is 10.9 Å². The van der Waals surface area contributed by atoms with Crippen LogP contribution in [0.2, 0.25) is 0 Å². The van der Waals surface area contributed by atoms with E-state index in [4.69, 9.17) is 5.26 Å². The van der Waals surface area contributed by atoms with Crippen molar-refractivity contribution in [2.75, 3.05) is 12.4 Å². The Balaban J connectivity index is 2.36. The summed E-state index contributed by atoms with van der Waals surface area (Å²) in [4.78, 5) is 22.8. The summed E-state index contributed by atoms with van der Waals surface area (Å²) in [5.74, 6) is -0.975. The molecule has 7 heteroatoms. The van der Waals surface area contributed by atoms with Gasteiger partial charge < -0.3 is 10.1 Å². The van der Waals surface area contributed by atoms with E-state index in [1.54, 1.807) is 24.3 Å². The number of hydrogen-bond donors (Lipinski definition) is 2. The Morgan fingerprint density at radius 2 is 2.32 bits per heavy atom. The van der Waals surface area contributed by atoms with Gasteiger partial charge in [0.15, 0.2) is 5.69 Å². The second-order valence-electron chi connectivity index (χ2n) is 3.71. The number of benzene rings is 1. The average molecular weight is 258 g/mol. The van der Waals surface area contributed by atoms with Gasteiger partial charge in [-0.1, -0.05) is 0 Å². The molecule has 0 aliphatic rings. The third kappa shape index (κ3) is 2.52. The second-order valence-corrected chi connectivity index (χ2v) is 3.71. The standard InChI is InChI=1S/C12H10N4O3/c1-19-12(18)11-8-6-7(14-10(17)4-5-13)2-3-9(8)15-16-11/h2-3,6H,4H2,1H3,(H,14,17)(H,15,16). The van der Waals surface area contributed by atoms with Crippen molar-refractivity contribution in [3.05, 3.63) is 23.9 Å². The molecule has 96 valence electrons. The molecule has 0 unspecified atom stereocenters. The molecule has 0 fully saturated rings. The van der Waals surface area contributed by atoms with Gasteiger partial charge in [-0.05, 0) is 18.2 Å². The van der Waals surface area contributed by atoms with Crippen LogP contribution in [0.5, 0.6) is 0 Å². The van der Waals surface area contributed by atoms with Crippen molar-refractivity contribution < 1.29 is 14.3 Å². The maximum atomic E-state index is 11.5. The number of fused-ring (bicyclic) bond motifs is 1. The highest BCUT2D eigenvalue weighted by atomic mass is 16.5. The van der Waals surface area contributed by atoms with Crippen molar-refractivity contribution in [1.29, 1.82) is 5.26 Å². The first-order valence-corrected chi connectivity index (χ1v) is 5.39. The summed E-state index contributed by atoms with van der Waals surface area (Å²) in [6, 6.07) is 6.68. The number of esters is 1. The van der Waals surface area contributed by atoms with Gasteiger partial charge in [-0.3, -0.25) is 9.89 Å². The molecule has 2 rings (SSSR count). The van der Waals surface area contributed by atoms with Gasteiger partial charge in [0, 0.05) is 11.1 Å². The predicted molar refractivity (Wildman–Crippen MR) is 66.3 cm³/mol. The fourth-order valence-corrected chi connectivity index (χ4v) is 1.62. The minimum Gasteiger partial charge on any atom is -0.464 e. The average Bonchev–Trinajstić information content (AvgIpc) is 2.81. The van der Waals surface area contributed by atoms with Crippen LogP contribution in [0.1, 0.15) is 16.9 Å². The number of H-pyrrole nitrogens is 1.